The number of aromatic nitrogens is 3. The Balaban J connectivity index is 2.01. The molecule has 0 unspecified atom stereocenters. The van der Waals surface area contributed by atoms with Gasteiger partial charge in [0.05, 0.1) is 28.1 Å². The lowest BCUT2D eigenvalue weighted by Crippen LogP contribution is -2.21. The summed E-state index contributed by atoms with van der Waals surface area (Å²) >= 11 is 17.0. The highest BCUT2D eigenvalue weighted by Gasteiger charge is 2.19. The molecule has 0 aliphatic carbocycles. The molecule has 4 rings (SSSR count). The molecule has 25 heavy (non-hydrogen) atoms. The fraction of sp³-hybridized carbons (Fsp3) is 0.111. The molecule has 0 atom stereocenters. The molecule has 4 nitrogen and oxygen atoms in total. The molecule has 0 saturated heterocycles. The molecule has 4 aromatic rings. The number of fused-ring (bicyclic) bond motifs is 3. The van der Waals surface area contributed by atoms with Crippen LogP contribution in [-0.4, -0.2) is 27.2 Å². The molecule has 2 aromatic carbocycles. The first-order valence-corrected chi connectivity index (χ1v) is 9.13. The second-order valence-electron chi connectivity index (χ2n) is 5.55. The maximum Gasteiger partial charge on any atom is 0.162 e. The average Bonchev–Trinajstić information content (AvgIpc) is 3.10. The first-order chi connectivity index (χ1) is 12.2. The van der Waals surface area contributed by atoms with E-state index in [1.54, 1.807) is 6.33 Å². The van der Waals surface area contributed by atoms with Crippen molar-refractivity contribution in [2.75, 3.05) is 17.2 Å². The molecule has 0 amide bonds. The maximum atomic E-state index is 6.43. The minimum atomic E-state index is 0.650. The van der Waals surface area contributed by atoms with E-state index in [4.69, 9.17) is 28.2 Å². The van der Waals surface area contributed by atoms with E-state index in [9.17, 15) is 0 Å². The molecule has 0 radical (unpaired) electrons. The largest absolute Gasteiger partial charge is 0.344 e. The molecule has 1 N–H and O–H groups in total. The zero-order chi connectivity index (χ0) is 17.4. The zero-order valence-electron chi connectivity index (χ0n) is 13.1. The third-order valence-corrected chi connectivity index (χ3v) is 4.78. The van der Waals surface area contributed by atoms with Gasteiger partial charge in [-0.25, -0.2) is 9.97 Å². The number of hydrogen-bond donors (Lipinski definition) is 2. The Kier molecular flexibility index (Phi) is 4.46. The number of thiol groups is 1. The Hall–Kier alpha value is -1.95. The fourth-order valence-electron chi connectivity index (χ4n) is 2.94. The van der Waals surface area contributed by atoms with Gasteiger partial charge in [-0.05, 0) is 30.3 Å². The topological polar surface area (TPSA) is 44.8 Å². The highest BCUT2D eigenvalue weighted by molar-refractivity contribution is 7.80. The normalized spacial score (nSPS) is 11.3. The van der Waals surface area contributed by atoms with Crippen molar-refractivity contribution in [1.29, 1.82) is 0 Å². The number of imidazole rings is 1. The summed E-state index contributed by atoms with van der Waals surface area (Å²) in [6, 6.07) is 13.3. The zero-order valence-corrected chi connectivity index (χ0v) is 15.5. The van der Waals surface area contributed by atoms with E-state index in [-0.39, 0.29) is 0 Å². The van der Waals surface area contributed by atoms with Gasteiger partial charge in [0, 0.05) is 22.7 Å². The Morgan fingerprint density at radius 2 is 1.96 bits per heavy atom. The van der Waals surface area contributed by atoms with Crippen molar-refractivity contribution < 1.29 is 0 Å². The Morgan fingerprint density at radius 3 is 2.76 bits per heavy atom. The molecular weight excluding hydrogens is 375 g/mol. The number of para-hydroxylation sites is 1. The number of rotatable bonds is 4. The van der Waals surface area contributed by atoms with Crippen molar-refractivity contribution >= 4 is 69.3 Å². The summed E-state index contributed by atoms with van der Waals surface area (Å²) in [5.74, 6) is 1.39. The van der Waals surface area contributed by atoms with Crippen molar-refractivity contribution in [2.24, 2.45) is 0 Å². The number of aromatic amines is 1. The second-order valence-corrected chi connectivity index (χ2v) is 6.84. The van der Waals surface area contributed by atoms with E-state index >= 15 is 0 Å². The van der Waals surface area contributed by atoms with Gasteiger partial charge in [0.1, 0.15) is 5.52 Å². The van der Waals surface area contributed by atoms with E-state index in [1.807, 2.05) is 47.4 Å². The number of benzene rings is 2. The Labute approximate surface area is 160 Å². The minimum Gasteiger partial charge on any atom is -0.344 e. The quantitative estimate of drug-likeness (QED) is 0.454. The Bertz CT molecular complexity index is 1060. The molecule has 2 aromatic heterocycles. The Morgan fingerprint density at radius 1 is 1.12 bits per heavy atom. The van der Waals surface area contributed by atoms with Crippen molar-refractivity contribution in [3.05, 3.63) is 58.8 Å². The summed E-state index contributed by atoms with van der Waals surface area (Å²) in [5.41, 5.74) is 3.39. The van der Waals surface area contributed by atoms with E-state index in [1.165, 1.54) is 0 Å². The van der Waals surface area contributed by atoms with Crippen LogP contribution in [0.4, 0.5) is 11.5 Å². The van der Waals surface area contributed by atoms with Gasteiger partial charge < -0.3 is 9.88 Å². The third-order valence-electron chi connectivity index (χ3n) is 4.03. The molecule has 0 spiro atoms. The van der Waals surface area contributed by atoms with E-state index in [0.717, 1.165) is 33.4 Å². The van der Waals surface area contributed by atoms with Crippen molar-refractivity contribution in [1.82, 2.24) is 15.0 Å². The third kappa shape index (κ3) is 2.92. The summed E-state index contributed by atoms with van der Waals surface area (Å²) in [6.07, 6.45) is 1.67. The van der Waals surface area contributed by atoms with Crippen molar-refractivity contribution in [2.45, 2.75) is 0 Å². The molecule has 7 heteroatoms. The van der Waals surface area contributed by atoms with Crippen LogP contribution in [0.2, 0.25) is 10.0 Å². The van der Waals surface area contributed by atoms with Crippen LogP contribution in [0, 0.1) is 0 Å². The lowest BCUT2D eigenvalue weighted by atomic mass is 10.1. The lowest BCUT2D eigenvalue weighted by molar-refractivity contribution is 1.01. The maximum absolute atomic E-state index is 6.43. The van der Waals surface area contributed by atoms with Gasteiger partial charge in [-0.1, -0.05) is 35.3 Å². The van der Waals surface area contributed by atoms with E-state index in [2.05, 4.69) is 22.6 Å². The molecule has 0 saturated carbocycles. The predicted octanol–water partition coefficient (Wildman–Crippen LogP) is 5.49. The van der Waals surface area contributed by atoms with Crippen LogP contribution >= 0.6 is 35.8 Å². The van der Waals surface area contributed by atoms with E-state index < -0.39 is 0 Å². The second kappa shape index (κ2) is 6.75. The standard InChI is InChI=1S/C18H14Cl2N4S/c19-11-5-6-14-12(9-11)16-17(22-10-21-16)18(23-14)24(7-8-25)15-4-2-1-3-13(15)20/h1-6,9-10,25H,7-8H2,(H,21,22). The van der Waals surface area contributed by atoms with Gasteiger partial charge in [-0.3, -0.25) is 0 Å². The number of nitrogens with zero attached hydrogens (tertiary/aromatic N) is 3. The van der Waals surface area contributed by atoms with Crippen molar-refractivity contribution in [3.8, 4) is 0 Å². The van der Waals surface area contributed by atoms with Crippen LogP contribution in [0.1, 0.15) is 0 Å². The number of nitrogens with one attached hydrogen (secondary N) is 1. The summed E-state index contributed by atoms with van der Waals surface area (Å²) in [7, 11) is 0. The molecule has 0 fully saturated rings. The first kappa shape index (κ1) is 16.5. The van der Waals surface area contributed by atoms with Crippen LogP contribution in [0.15, 0.2) is 48.8 Å². The van der Waals surface area contributed by atoms with Gasteiger partial charge >= 0.3 is 0 Å². The van der Waals surface area contributed by atoms with Crippen LogP contribution in [0.25, 0.3) is 21.9 Å². The summed E-state index contributed by atoms with van der Waals surface area (Å²) < 4.78 is 0. The van der Waals surface area contributed by atoms with Gasteiger partial charge in [-0.15, -0.1) is 0 Å². The molecule has 0 aliphatic heterocycles. The molecule has 0 aliphatic rings. The first-order valence-electron chi connectivity index (χ1n) is 7.74. The summed E-state index contributed by atoms with van der Waals surface area (Å²) in [4.78, 5) is 14.6. The number of H-pyrrole nitrogens is 1. The number of pyridine rings is 1. The number of hydrogen-bond acceptors (Lipinski definition) is 4. The van der Waals surface area contributed by atoms with Gasteiger partial charge in [0.15, 0.2) is 5.82 Å². The van der Waals surface area contributed by atoms with Crippen LogP contribution in [0.3, 0.4) is 0 Å². The molecular formula is C18H14Cl2N4S. The van der Waals surface area contributed by atoms with Crippen LogP contribution in [-0.2, 0) is 0 Å². The minimum absolute atomic E-state index is 0.650. The smallest absolute Gasteiger partial charge is 0.162 e. The fourth-order valence-corrected chi connectivity index (χ4v) is 3.55. The molecule has 0 bridgehead atoms. The SMILES string of the molecule is SCCN(c1ccccc1Cl)c1nc2ccc(Cl)cc2c2[nH]cnc12. The van der Waals surface area contributed by atoms with Crippen LogP contribution in [0.5, 0.6) is 0 Å². The molecule has 2 heterocycles. The molecule has 126 valence electrons. The highest BCUT2D eigenvalue weighted by Crippen LogP contribution is 2.36. The monoisotopic (exact) mass is 388 g/mol. The summed E-state index contributed by atoms with van der Waals surface area (Å²) in [5, 5.41) is 2.26. The predicted molar refractivity (Wildman–Crippen MR) is 109 cm³/mol. The van der Waals surface area contributed by atoms with Gasteiger partial charge in [0.2, 0.25) is 0 Å². The van der Waals surface area contributed by atoms with Gasteiger partial charge in [-0.2, -0.15) is 12.6 Å². The lowest BCUT2D eigenvalue weighted by Gasteiger charge is -2.25. The highest BCUT2D eigenvalue weighted by atomic mass is 35.5. The van der Waals surface area contributed by atoms with E-state index in [0.29, 0.717) is 22.3 Å². The summed E-state index contributed by atoms with van der Waals surface area (Å²) in [6.45, 7) is 0.654. The average molecular weight is 389 g/mol. The van der Waals surface area contributed by atoms with Crippen molar-refractivity contribution in [3.63, 3.8) is 0 Å². The number of halogens is 2. The van der Waals surface area contributed by atoms with Crippen LogP contribution < -0.4 is 4.90 Å². The van der Waals surface area contributed by atoms with Gasteiger partial charge in [0.25, 0.3) is 0 Å². The number of anilines is 2.